The molecule has 2 bridgehead atoms. The quantitative estimate of drug-likeness (QED) is 0.636. The number of hydrogen-bond acceptors (Lipinski definition) is 3. The Morgan fingerprint density at radius 1 is 1.29 bits per heavy atom. The van der Waals surface area contributed by atoms with Crippen LogP contribution in [0.5, 0.6) is 0 Å². The number of nitrogens with zero attached hydrogens (tertiary/aromatic N) is 1. The molecule has 2 heterocycles. The number of rotatable bonds is 1. The Morgan fingerprint density at radius 3 is 2.21 bits per heavy atom. The Kier molecular flexibility index (Phi) is 2.37. The van der Waals surface area contributed by atoms with Gasteiger partial charge in [-0.3, -0.25) is 0 Å². The topological polar surface area (TPSA) is 35.5 Å². The maximum atomic E-state index is 10.4. The van der Waals surface area contributed by atoms with Gasteiger partial charge in [0.05, 0.1) is 6.10 Å². The van der Waals surface area contributed by atoms with Crippen LogP contribution in [0.15, 0.2) is 0 Å². The molecule has 82 valence electrons. The second-order valence-electron chi connectivity index (χ2n) is 5.62. The van der Waals surface area contributed by atoms with Crippen molar-refractivity contribution in [1.82, 2.24) is 10.2 Å². The van der Waals surface area contributed by atoms with Crippen molar-refractivity contribution in [3.8, 4) is 0 Å². The van der Waals surface area contributed by atoms with Gasteiger partial charge in [-0.2, -0.15) is 0 Å². The summed E-state index contributed by atoms with van der Waals surface area (Å²) in [5.41, 5.74) is 0.0858. The fourth-order valence-corrected chi connectivity index (χ4v) is 3.25. The first-order valence-corrected chi connectivity index (χ1v) is 5.61. The molecule has 3 nitrogen and oxygen atoms in total. The highest BCUT2D eigenvalue weighted by molar-refractivity contribution is 5.06. The molecule has 2 N–H and O–H groups in total. The van der Waals surface area contributed by atoms with Crippen molar-refractivity contribution in [2.75, 3.05) is 32.7 Å². The van der Waals surface area contributed by atoms with Crippen LogP contribution in [0.1, 0.15) is 20.8 Å². The Labute approximate surface area is 86.5 Å². The van der Waals surface area contributed by atoms with E-state index in [1.165, 1.54) is 0 Å². The molecule has 0 amide bonds. The van der Waals surface area contributed by atoms with E-state index in [9.17, 15) is 5.11 Å². The predicted octanol–water partition coefficient (Wildman–Crippen LogP) is 0.299. The van der Waals surface area contributed by atoms with Gasteiger partial charge in [-0.05, 0) is 6.54 Å². The molecule has 0 aromatic heterocycles. The lowest BCUT2D eigenvalue weighted by Crippen LogP contribution is -2.69. The molecule has 3 heteroatoms. The highest BCUT2D eigenvalue weighted by Gasteiger charge is 2.52. The summed E-state index contributed by atoms with van der Waals surface area (Å²) in [6.07, 6.45) is -0.154. The minimum Gasteiger partial charge on any atom is -0.392 e. The van der Waals surface area contributed by atoms with E-state index in [4.69, 9.17) is 0 Å². The minimum absolute atomic E-state index is 0.0429. The van der Waals surface area contributed by atoms with Crippen molar-refractivity contribution in [2.45, 2.75) is 26.9 Å². The standard InChI is InChI=1S/C11H22N2O/c1-4-13-7-10(2)5-12-6-11(3,8-13)9(10)14/h9,12,14H,4-8H2,1-3H3/t10-,11-/m0/s1. The molecular weight excluding hydrogens is 176 g/mol. The molecule has 2 rings (SSSR count). The molecule has 0 spiro atoms. The molecule has 0 aromatic carbocycles. The van der Waals surface area contributed by atoms with Gasteiger partial charge in [-0.1, -0.05) is 20.8 Å². The lowest BCUT2D eigenvalue weighted by molar-refractivity contribution is -0.140. The van der Waals surface area contributed by atoms with Gasteiger partial charge >= 0.3 is 0 Å². The van der Waals surface area contributed by atoms with E-state index in [0.717, 1.165) is 32.7 Å². The minimum atomic E-state index is -0.154. The van der Waals surface area contributed by atoms with Gasteiger partial charge in [-0.15, -0.1) is 0 Å². The Hall–Kier alpha value is -0.120. The van der Waals surface area contributed by atoms with E-state index in [1.54, 1.807) is 0 Å². The zero-order valence-corrected chi connectivity index (χ0v) is 9.51. The number of hydrogen-bond donors (Lipinski definition) is 2. The van der Waals surface area contributed by atoms with Crippen LogP contribution in [-0.4, -0.2) is 48.8 Å². The number of piperidine rings is 2. The lowest BCUT2D eigenvalue weighted by atomic mass is 9.63. The number of aliphatic hydroxyl groups is 1. The molecular formula is C11H22N2O. The SMILES string of the molecule is CCN1C[C@]2(C)CNC[C@@](C)(C1)C2O. The summed E-state index contributed by atoms with van der Waals surface area (Å²) in [6, 6.07) is 0. The molecule has 0 unspecified atom stereocenters. The molecule has 0 saturated carbocycles. The van der Waals surface area contributed by atoms with Crippen LogP contribution in [0.3, 0.4) is 0 Å². The monoisotopic (exact) mass is 198 g/mol. The highest BCUT2D eigenvalue weighted by Crippen LogP contribution is 2.42. The first-order chi connectivity index (χ1) is 6.50. The molecule has 2 atom stereocenters. The van der Waals surface area contributed by atoms with E-state index >= 15 is 0 Å². The Bertz CT molecular complexity index is 213. The van der Waals surface area contributed by atoms with Crippen LogP contribution in [0.2, 0.25) is 0 Å². The number of aliphatic hydroxyl groups excluding tert-OH is 1. The number of fused-ring (bicyclic) bond motifs is 2. The van der Waals surface area contributed by atoms with Gasteiger partial charge < -0.3 is 15.3 Å². The van der Waals surface area contributed by atoms with Crippen LogP contribution in [-0.2, 0) is 0 Å². The van der Waals surface area contributed by atoms with Crippen molar-refractivity contribution in [3.05, 3.63) is 0 Å². The van der Waals surface area contributed by atoms with E-state index in [-0.39, 0.29) is 16.9 Å². The van der Waals surface area contributed by atoms with Gasteiger partial charge in [-0.25, -0.2) is 0 Å². The van der Waals surface area contributed by atoms with Gasteiger partial charge in [0.1, 0.15) is 0 Å². The summed E-state index contributed by atoms with van der Waals surface area (Å²) in [4.78, 5) is 2.47. The average Bonchev–Trinajstić information content (AvgIpc) is 2.11. The third kappa shape index (κ3) is 1.38. The molecule has 2 fully saturated rings. The van der Waals surface area contributed by atoms with Crippen LogP contribution < -0.4 is 5.32 Å². The smallest absolute Gasteiger partial charge is 0.0696 e. The van der Waals surface area contributed by atoms with Crippen LogP contribution in [0, 0.1) is 10.8 Å². The first-order valence-electron chi connectivity index (χ1n) is 5.61. The maximum Gasteiger partial charge on any atom is 0.0696 e. The normalized spacial score (nSPS) is 49.3. The Morgan fingerprint density at radius 2 is 1.79 bits per heavy atom. The van der Waals surface area contributed by atoms with E-state index < -0.39 is 0 Å². The molecule has 14 heavy (non-hydrogen) atoms. The second-order valence-corrected chi connectivity index (χ2v) is 5.62. The fourth-order valence-electron chi connectivity index (χ4n) is 3.25. The molecule has 0 aromatic rings. The van der Waals surface area contributed by atoms with Gasteiger partial charge in [0.15, 0.2) is 0 Å². The van der Waals surface area contributed by atoms with Crippen LogP contribution in [0.25, 0.3) is 0 Å². The number of nitrogens with one attached hydrogen (secondary N) is 1. The van der Waals surface area contributed by atoms with Crippen molar-refractivity contribution in [1.29, 1.82) is 0 Å². The van der Waals surface area contributed by atoms with Gasteiger partial charge in [0.25, 0.3) is 0 Å². The molecule has 0 radical (unpaired) electrons. The van der Waals surface area contributed by atoms with Crippen molar-refractivity contribution in [2.24, 2.45) is 10.8 Å². The summed E-state index contributed by atoms with van der Waals surface area (Å²) in [5.74, 6) is 0. The van der Waals surface area contributed by atoms with Crippen molar-refractivity contribution < 1.29 is 5.11 Å². The van der Waals surface area contributed by atoms with Crippen molar-refractivity contribution in [3.63, 3.8) is 0 Å². The lowest BCUT2D eigenvalue weighted by Gasteiger charge is -2.57. The second kappa shape index (κ2) is 3.19. The average molecular weight is 198 g/mol. The summed E-state index contributed by atoms with van der Waals surface area (Å²) in [7, 11) is 0. The molecule has 2 saturated heterocycles. The van der Waals surface area contributed by atoms with Crippen LogP contribution >= 0.6 is 0 Å². The third-order valence-electron chi connectivity index (χ3n) is 3.99. The molecule has 2 aliphatic heterocycles. The van der Waals surface area contributed by atoms with Gasteiger partial charge in [0.2, 0.25) is 0 Å². The third-order valence-corrected chi connectivity index (χ3v) is 3.99. The highest BCUT2D eigenvalue weighted by atomic mass is 16.3. The van der Waals surface area contributed by atoms with E-state index in [2.05, 4.69) is 31.0 Å². The zero-order valence-electron chi connectivity index (χ0n) is 9.51. The number of likely N-dealkylation sites (tertiary alicyclic amines) is 1. The largest absolute Gasteiger partial charge is 0.392 e. The van der Waals surface area contributed by atoms with E-state index in [0.29, 0.717) is 0 Å². The van der Waals surface area contributed by atoms with Crippen molar-refractivity contribution >= 4 is 0 Å². The Balaban J connectivity index is 2.25. The fraction of sp³-hybridized carbons (Fsp3) is 1.00. The van der Waals surface area contributed by atoms with E-state index in [1.807, 2.05) is 0 Å². The molecule has 2 aliphatic rings. The predicted molar refractivity (Wildman–Crippen MR) is 57.2 cm³/mol. The summed E-state index contributed by atoms with van der Waals surface area (Å²) < 4.78 is 0. The zero-order chi connectivity index (χ0) is 10.4. The van der Waals surface area contributed by atoms with Gasteiger partial charge in [0, 0.05) is 37.0 Å². The summed E-state index contributed by atoms with van der Waals surface area (Å²) >= 11 is 0. The summed E-state index contributed by atoms with van der Waals surface area (Å²) in [5, 5.41) is 13.8. The molecule has 0 aliphatic carbocycles. The first kappa shape index (κ1) is 10.4. The summed E-state index contributed by atoms with van der Waals surface area (Å²) in [6.45, 7) is 11.6. The van der Waals surface area contributed by atoms with Crippen LogP contribution in [0.4, 0.5) is 0 Å². The maximum absolute atomic E-state index is 10.4.